The summed E-state index contributed by atoms with van der Waals surface area (Å²) in [7, 11) is 0. The topological polar surface area (TPSA) is 271 Å². The smallest absolute Gasteiger partial charge is 0.269 e. The summed E-state index contributed by atoms with van der Waals surface area (Å²) in [6.07, 6.45) is -0.937. The predicted molar refractivity (Wildman–Crippen MR) is 456 cm³/mol. The molecule has 0 bridgehead atoms. The average molecular weight is 1580 g/mol. The maximum atomic E-state index is 10.8. The Bertz CT molecular complexity index is 4550. The number of nitro benzene ring substituents is 2. The first-order valence-corrected chi connectivity index (χ1v) is 38.5. The lowest BCUT2D eigenvalue weighted by atomic mass is 9.78. The van der Waals surface area contributed by atoms with E-state index in [4.69, 9.17) is 80.6 Å². The standard InChI is InChI=1S/C34H37NO6.C33H38N2O4.C21H28O4.C6H4ClNO2/c1-24-6-14-30(15-7-24)38-22-25(2)40-32-16-8-27(9-17-32)34(4,5)28-10-18-33(19-11-28)41-26(3)23-39-31-20-12-29(13-21-31)35(36)37;1-23(21-36-29-17-9-27(34)10-18-29)38-31-13-5-25(6-14-31)33(3,4)26-7-15-32(16-8-26)39-24(2)22-37-30-19-11-28(35)12-20-30;1-15(13-22)24-19-9-5-17(6-10-19)21(3,4)18-7-11-20(12-8-18)25-16(2)14-23;7-5-1-3-6(4-2-5)8(9)10/h6-21,25-26H,22-23H2,1-5H3;5-20,23-24H,21-22,34-35H2,1-4H3;5-12,15-16,22-23H,13-14H2,1-4H3;1-4H. The Hall–Kier alpha value is -12.0. The van der Waals surface area contributed by atoms with Crippen LogP contribution in [-0.4, -0.2) is 96.3 Å². The van der Waals surface area contributed by atoms with Gasteiger partial charge in [-0.25, -0.2) is 0 Å². The first kappa shape index (κ1) is 88.6. The molecule has 115 heavy (non-hydrogen) atoms. The third kappa shape index (κ3) is 28.3. The number of aliphatic hydroxyl groups excluding tert-OH is 2. The van der Waals surface area contributed by atoms with Gasteiger partial charge in [0.15, 0.2) is 0 Å². The number of nitro groups is 2. The molecule has 0 heterocycles. The normalized spacial score (nSPS) is 12.7. The van der Waals surface area contributed by atoms with Crippen molar-refractivity contribution < 1.29 is 67.4 Å². The Morgan fingerprint density at radius 2 is 0.487 bits per heavy atom. The molecule has 0 aliphatic heterocycles. The largest absolute Gasteiger partial charge is 0.490 e. The van der Waals surface area contributed by atoms with Crippen LogP contribution in [0.2, 0.25) is 5.02 Å². The molecule has 0 amide bonds. The molecule has 11 aromatic rings. The molecule has 0 saturated heterocycles. The fourth-order valence-electron chi connectivity index (χ4n) is 11.6. The van der Waals surface area contributed by atoms with E-state index in [-0.39, 0.29) is 77.5 Å². The van der Waals surface area contributed by atoms with Crippen LogP contribution >= 0.6 is 11.6 Å². The molecule has 11 aromatic carbocycles. The van der Waals surface area contributed by atoms with Gasteiger partial charge in [-0.05, 0) is 240 Å². The Kier molecular flexibility index (Phi) is 33.0. The third-order valence-corrected chi connectivity index (χ3v) is 19.1. The number of hydrogen-bond acceptors (Lipinski definition) is 18. The minimum Gasteiger partial charge on any atom is -0.490 e. The van der Waals surface area contributed by atoms with E-state index in [1.807, 2.05) is 187 Å². The van der Waals surface area contributed by atoms with Gasteiger partial charge >= 0.3 is 0 Å². The summed E-state index contributed by atoms with van der Waals surface area (Å²) in [5.74, 6) is 7.61. The molecule has 0 aliphatic rings. The number of aryl methyl sites for hydroxylation is 1. The van der Waals surface area contributed by atoms with Gasteiger partial charge in [0.05, 0.1) is 23.1 Å². The maximum absolute atomic E-state index is 10.8. The second kappa shape index (κ2) is 42.8. The number of rotatable bonds is 34. The molecule has 0 spiro atoms. The summed E-state index contributed by atoms with van der Waals surface area (Å²) in [4.78, 5) is 20.0. The number of non-ortho nitro benzene ring substituents is 2. The fraction of sp³-hybridized carbons (Fsp3) is 0.298. The highest BCUT2D eigenvalue weighted by Crippen LogP contribution is 2.38. The zero-order chi connectivity index (χ0) is 83.2. The molecule has 606 valence electrons. The number of aliphatic hydroxyl groups is 2. The van der Waals surface area contributed by atoms with Crippen LogP contribution in [0.4, 0.5) is 22.7 Å². The van der Waals surface area contributed by atoms with Crippen molar-refractivity contribution >= 4 is 34.4 Å². The van der Waals surface area contributed by atoms with Crippen molar-refractivity contribution in [2.75, 3.05) is 51.1 Å². The maximum Gasteiger partial charge on any atom is 0.269 e. The van der Waals surface area contributed by atoms with Gasteiger partial charge < -0.3 is 69.0 Å². The van der Waals surface area contributed by atoms with E-state index < -0.39 is 9.85 Å². The molecule has 0 fully saturated rings. The number of anilines is 2. The van der Waals surface area contributed by atoms with Gasteiger partial charge in [-0.15, -0.1) is 0 Å². The number of benzene rings is 11. The van der Waals surface area contributed by atoms with Gasteiger partial charge in [0.2, 0.25) is 0 Å². The van der Waals surface area contributed by atoms with Crippen LogP contribution in [0.5, 0.6) is 57.5 Å². The van der Waals surface area contributed by atoms with E-state index in [1.165, 1.54) is 69.8 Å². The predicted octanol–water partition coefficient (Wildman–Crippen LogP) is 20.6. The lowest BCUT2D eigenvalue weighted by Crippen LogP contribution is -2.22. The highest BCUT2D eigenvalue weighted by Gasteiger charge is 2.27. The number of hydrogen-bond donors (Lipinski definition) is 4. The van der Waals surface area contributed by atoms with Gasteiger partial charge in [-0.1, -0.05) is 144 Å². The van der Waals surface area contributed by atoms with E-state index in [1.54, 1.807) is 12.1 Å². The molecule has 21 heteroatoms. The quantitative estimate of drug-likeness (QED) is 0.0166. The molecule has 0 radical (unpaired) electrons. The highest BCUT2D eigenvalue weighted by molar-refractivity contribution is 6.30. The van der Waals surface area contributed by atoms with Crippen molar-refractivity contribution in [1.29, 1.82) is 0 Å². The summed E-state index contributed by atoms with van der Waals surface area (Å²) in [6, 6.07) is 83.2. The van der Waals surface area contributed by atoms with E-state index in [9.17, 15) is 20.2 Å². The van der Waals surface area contributed by atoms with Crippen LogP contribution in [0.25, 0.3) is 0 Å². The number of nitrogens with zero attached hydrogens (tertiary/aromatic N) is 2. The van der Waals surface area contributed by atoms with Crippen LogP contribution in [0.15, 0.2) is 267 Å². The first-order valence-electron chi connectivity index (χ1n) is 38.1. The summed E-state index contributed by atoms with van der Waals surface area (Å²) in [5.41, 5.74) is 20.7. The number of halogens is 1. The summed E-state index contributed by atoms with van der Waals surface area (Å²) >= 11 is 5.49. The monoisotopic (exact) mass is 1580 g/mol. The van der Waals surface area contributed by atoms with Crippen LogP contribution in [-0.2, 0) is 16.2 Å². The minimum absolute atomic E-state index is 0.00341. The first-order chi connectivity index (χ1) is 54.8. The van der Waals surface area contributed by atoms with E-state index >= 15 is 0 Å². The minimum atomic E-state index is -0.462. The zero-order valence-electron chi connectivity index (χ0n) is 67.6. The molecule has 0 saturated carbocycles. The molecule has 6 N–H and O–H groups in total. The Labute approximate surface area is 680 Å². The van der Waals surface area contributed by atoms with Gasteiger partial charge in [-0.3, -0.25) is 20.2 Å². The Balaban J connectivity index is 0.000000208. The van der Waals surface area contributed by atoms with Gasteiger partial charge in [0.25, 0.3) is 11.4 Å². The Morgan fingerprint density at radius 1 is 0.304 bits per heavy atom. The van der Waals surface area contributed by atoms with Crippen LogP contribution in [0.3, 0.4) is 0 Å². The summed E-state index contributed by atoms with van der Waals surface area (Å²) in [6.45, 7) is 28.4. The van der Waals surface area contributed by atoms with Crippen LogP contribution in [0.1, 0.15) is 122 Å². The average Bonchev–Trinajstić information content (AvgIpc) is 0.812. The lowest BCUT2D eigenvalue weighted by molar-refractivity contribution is -0.385. The molecule has 20 nitrogen and oxygen atoms in total. The SMILES string of the molecule is CC(CO)Oc1ccc(C(C)(C)c2ccc(OC(C)CO)cc2)cc1.CC(COc1ccc(N)cc1)Oc1ccc(C(C)(C)c2ccc(OC(C)COc3ccc(N)cc3)cc2)cc1.Cc1ccc(OCC(C)Oc2ccc(C(C)(C)c3ccc(OC(C)COc4ccc([N+](=O)[O-])cc4)cc3)cc2)cc1.O=[N+]([O-])c1ccc(Cl)cc1. The second-order valence-electron chi connectivity index (χ2n) is 29.6. The highest BCUT2D eigenvalue weighted by atomic mass is 35.5. The summed E-state index contributed by atoms with van der Waals surface area (Å²) < 4.78 is 58.6. The molecule has 6 unspecified atom stereocenters. The van der Waals surface area contributed by atoms with Crippen LogP contribution < -0.4 is 58.8 Å². The van der Waals surface area contributed by atoms with Gasteiger partial charge in [-0.2, -0.15) is 0 Å². The number of nitrogens with two attached hydrogens (primary N) is 2. The Morgan fingerprint density at radius 3 is 0.696 bits per heavy atom. The second-order valence-corrected chi connectivity index (χ2v) is 30.1. The van der Waals surface area contributed by atoms with Gasteiger partial charge in [0.1, 0.15) is 121 Å². The fourth-order valence-corrected chi connectivity index (χ4v) is 11.8. The summed E-state index contributed by atoms with van der Waals surface area (Å²) in [5, 5.41) is 39.5. The van der Waals surface area contributed by atoms with Crippen molar-refractivity contribution in [1.82, 2.24) is 0 Å². The van der Waals surface area contributed by atoms with Crippen molar-refractivity contribution in [2.45, 2.75) is 143 Å². The van der Waals surface area contributed by atoms with Crippen molar-refractivity contribution in [3.63, 3.8) is 0 Å². The van der Waals surface area contributed by atoms with E-state index in [2.05, 4.69) is 121 Å². The molecule has 0 aromatic heterocycles. The zero-order valence-corrected chi connectivity index (χ0v) is 68.4. The van der Waals surface area contributed by atoms with Crippen molar-refractivity contribution in [3.05, 3.63) is 331 Å². The molecule has 11 rings (SSSR count). The molecular formula is C94H107ClN4O16. The van der Waals surface area contributed by atoms with E-state index in [0.29, 0.717) is 48.6 Å². The number of nitrogen functional groups attached to an aromatic ring is 2. The molecule has 0 aliphatic carbocycles. The van der Waals surface area contributed by atoms with Crippen LogP contribution in [0, 0.1) is 27.2 Å². The number of ether oxygens (including phenoxy) is 10. The molecule has 6 atom stereocenters. The van der Waals surface area contributed by atoms with Crippen molar-refractivity contribution in [2.24, 2.45) is 0 Å². The lowest BCUT2D eigenvalue weighted by Gasteiger charge is -2.27. The van der Waals surface area contributed by atoms with Crippen molar-refractivity contribution in [3.8, 4) is 57.5 Å². The van der Waals surface area contributed by atoms with E-state index in [0.717, 1.165) is 57.3 Å². The third-order valence-electron chi connectivity index (χ3n) is 18.8. The van der Waals surface area contributed by atoms with Gasteiger partial charge in [0, 0.05) is 56.9 Å². The molecular weight excluding hydrogens is 1480 g/mol.